The van der Waals surface area contributed by atoms with Gasteiger partial charge in [-0.2, -0.15) is 0 Å². The van der Waals surface area contributed by atoms with E-state index in [0.29, 0.717) is 17.7 Å². The van der Waals surface area contributed by atoms with Crippen molar-refractivity contribution in [2.45, 2.75) is 64.2 Å². The molecular formula is C22H30N4O. The Bertz CT molecular complexity index is 791. The molecule has 1 aliphatic heterocycles. The van der Waals surface area contributed by atoms with Gasteiger partial charge in [0, 0.05) is 48.9 Å². The first-order chi connectivity index (χ1) is 13.1. The van der Waals surface area contributed by atoms with Gasteiger partial charge >= 0.3 is 0 Å². The van der Waals surface area contributed by atoms with Gasteiger partial charge in [0.2, 0.25) is 5.91 Å². The summed E-state index contributed by atoms with van der Waals surface area (Å²) in [7, 11) is 0. The maximum absolute atomic E-state index is 12.8. The maximum Gasteiger partial charge on any atom is 0.225 e. The first-order valence-electron chi connectivity index (χ1n) is 10.4. The fourth-order valence-corrected chi connectivity index (χ4v) is 4.59. The molecule has 1 aliphatic carbocycles. The molecular weight excluding hydrogens is 336 g/mol. The number of carbonyl (C=O) groups is 1. The molecule has 0 radical (unpaired) electrons. The molecule has 2 aliphatic rings. The van der Waals surface area contributed by atoms with Crippen molar-refractivity contribution in [3.8, 4) is 5.82 Å². The molecule has 5 nitrogen and oxygen atoms in total. The number of likely N-dealkylation sites (tertiary alicyclic amines) is 1. The zero-order valence-electron chi connectivity index (χ0n) is 16.5. The van der Waals surface area contributed by atoms with Crippen LogP contribution in [0.15, 0.2) is 30.6 Å². The third kappa shape index (κ3) is 3.78. The Hall–Kier alpha value is -2.17. The Morgan fingerprint density at radius 2 is 1.96 bits per heavy atom. The molecule has 1 saturated heterocycles. The van der Waals surface area contributed by atoms with E-state index in [0.717, 1.165) is 56.1 Å². The third-order valence-electron chi connectivity index (χ3n) is 6.04. The average Bonchev–Trinajstić information content (AvgIpc) is 3.39. The second kappa shape index (κ2) is 7.83. The molecule has 0 unspecified atom stereocenters. The zero-order valence-corrected chi connectivity index (χ0v) is 16.5. The van der Waals surface area contributed by atoms with E-state index in [-0.39, 0.29) is 5.92 Å². The SMILES string of the molecule is CC(C)c1nccn1-c1cccc([C@H]2CCCN(C(=O)C3CCCC3)C2)n1. The number of pyridine rings is 1. The van der Waals surface area contributed by atoms with Crippen molar-refractivity contribution in [1.29, 1.82) is 0 Å². The molecule has 0 aromatic carbocycles. The van der Waals surface area contributed by atoms with Crippen LogP contribution in [-0.4, -0.2) is 38.4 Å². The second-order valence-electron chi connectivity index (χ2n) is 8.34. The summed E-state index contributed by atoms with van der Waals surface area (Å²) in [6.07, 6.45) is 10.6. The summed E-state index contributed by atoms with van der Waals surface area (Å²) < 4.78 is 2.08. The van der Waals surface area contributed by atoms with E-state index in [2.05, 4.69) is 40.4 Å². The van der Waals surface area contributed by atoms with Crippen LogP contribution in [0.4, 0.5) is 0 Å². The Labute approximate surface area is 161 Å². The van der Waals surface area contributed by atoms with Crippen LogP contribution >= 0.6 is 0 Å². The van der Waals surface area contributed by atoms with Gasteiger partial charge in [-0.1, -0.05) is 32.8 Å². The van der Waals surface area contributed by atoms with Crippen LogP contribution in [0.3, 0.4) is 0 Å². The Morgan fingerprint density at radius 3 is 2.74 bits per heavy atom. The lowest BCUT2D eigenvalue weighted by Gasteiger charge is -2.34. The number of imidazole rings is 1. The minimum Gasteiger partial charge on any atom is -0.342 e. The number of rotatable bonds is 4. The minimum atomic E-state index is 0.266. The Kier molecular flexibility index (Phi) is 5.28. The van der Waals surface area contributed by atoms with E-state index in [1.165, 1.54) is 12.8 Å². The normalized spacial score (nSPS) is 21.1. The molecule has 1 atom stereocenters. The Morgan fingerprint density at radius 1 is 1.15 bits per heavy atom. The summed E-state index contributed by atoms with van der Waals surface area (Å²) >= 11 is 0. The third-order valence-corrected chi connectivity index (χ3v) is 6.04. The molecule has 0 spiro atoms. The lowest BCUT2D eigenvalue weighted by atomic mass is 9.93. The lowest BCUT2D eigenvalue weighted by molar-refractivity contribution is -0.136. The number of aromatic nitrogens is 3. The van der Waals surface area contributed by atoms with Gasteiger partial charge in [-0.05, 0) is 37.8 Å². The van der Waals surface area contributed by atoms with Crippen LogP contribution in [0.2, 0.25) is 0 Å². The van der Waals surface area contributed by atoms with Crippen LogP contribution in [-0.2, 0) is 4.79 Å². The van der Waals surface area contributed by atoms with E-state index in [9.17, 15) is 4.79 Å². The summed E-state index contributed by atoms with van der Waals surface area (Å²) in [5.41, 5.74) is 1.10. The topological polar surface area (TPSA) is 51.0 Å². The molecule has 1 amide bonds. The number of nitrogens with zero attached hydrogens (tertiary/aromatic N) is 4. The highest BCUT2D eigenvalue weighted by atomic mass is 16.2. The fraction of sp³-hybridized carbons (Fsp3) is 0.591. The van der Waals surface area contributed by atoms with Crippen LogP contribution in [0, 0.1) is 5.92 Å². The smallest absolute Gasteiger partial charge is 0.225 e. The molecule has 144 valence electrons. The summed E-state index contributed by atoms with van der Waals surface area (Å²) in [4.78, 5) is 24.4. The van der Waals surface area contributed by atoms with E-state index in [4.69, 9.17) is 4.98 Å². The summed E-state index contributed by atoms with van der Waals surface area (Å²) in [5, 5.41) is 0. The van der Waals surface area contributed by atoms with E-state index in [1.54, 1.807) is 0 Å². The predicted octanol–water partition coefficient (Wildman–Crippen LogP) is 4.29. The van der Waals surface area contributed by atoms with Crippen molar-refractivity contribution >= 4 is 5.91 Å². The number of hydrogen-bond donors (Lipinski definition) is 0. The molecule has 2 aromatic heterocycles. The van der Waals surface area contributed by atoms with Crippen LogP contribution in [0.1, 0.15) is 75.7 Å². The molecule has 0 bridgehead atoms. The maximum atomic E-state index is 12.8. The first kappa shape index (κ1) is 18.2. The van der Waals surface area contributed by atoms with Gasteiger partial charge in [-0.25, -0.2) is 9.97 Å². The van der Waals surface area contributed by atoms with Gasteiger partial charge in [0.05, 0.1) is 0 Å². The number of amides is 1. The molecule has 2 fully saturated rings. The van der Waals surface area contributed by atoms with Gasteiger partial charge in [-0.15, -0.1) is 0 Å². The van der Waals surface area contributed by atoms with Crippen molar-refractivity contribution < 1.29 is 4.79 Å². The van der Waals surface area contributed by atoms with E-state index >= 15 is 0 Å². The van der Waals surface area contributed by atoms with Gasteiger partial charge in [0.25, 0.3) is 0 Å². The standard InChI is InChI=1S/C22H30N4O/c1-16(2)21-23-12-14-26(21)20-11-5-10-19(24-20)18-9-6-13-25(15-18)22(27)17-7-3-4-8-17/h5,10-12,14,16-18H,3-4,6-9,13,15H2,1-2H3/t18-/m0/s1. The second-order valence-corrected chi connectivity index (χ2v) is 8.34. The number of carbonyl (C=O) groups excluding carboxylic acids is 1. The monoisotopic (exact) mass is 366 g/mol. The molecule has 4 rings (SSSR count). The molecule has 1 saturated carbocycles. The zero-order chi connectivity index (χ0) is 18.8. The first-order valence-corrected chi connectivity index (χ1v) is 10.4. The fourth-order valence-electron chi connectivity index (χ4n) is 4.59. The highest BCUT2D eigenvalue weighted by Gasteiger charge is 2.31. The molecule has 2 aromatic rings. The van der Waals surface area contributed by atoms with Crippen molar-refractivity contribution in [2.24, 2.45) is 5.92 Å². The molecule has 3 heterocycles. The highest BCUT2D eigenvalue weighted by Crippen LogP contribution is 2.31. The summed E-state index contributed by atoms with van der Waals surface area (Å²) in [5.74, 6) is 3.27. The summed E-state index contributed by atoms with van der Waals surface area (Å²) in [6.45, 7) is 6.02. The molecule has 0 N–H and O–H groups in total. The number of piperidine rings is 1. The van der Waals surface area contributed by atoms with Crippen LogP contribution < -0.4 is 0 Å². The highest BCUT2D eigenvalue weighted by molar-refractivity contribution is 5.79. The van der Waals surface area contributed by atoms with Crippen molar-refractivity contribution in [3.63, 3.8) is 0 Å². The minimum absolute atomic E-state index is 0.266. The van der Waals surface area contributed by atoms with Crippen molar-refractivity contribution in [3.05, 3.63) is 42.1 Å². The van der Waals surface area contributed by atoms with Crippen LogP contribution in [0.25, 0.3) is 5.82 Å². The molecule has 5 heteroatoms. The van der Waals surface area contributed by atoms with Gasteiger partial charge in [0.1, 0.15) is 11.6 Å². The van der Waals surface area contributed by atoms with Crippen molar-refractivity contribution in [1.82, 2.24) is 19.4 Å². The van der Waals surface area contributed by atoms with Gasteiger partial charge < -0.3 is 4.90 Å². The van der Waals surface area contributed by atoms with Gasteiger partial charge in [0.15, 0.2) is 0 Å². The molecule has 27 heavy (non-hydrogen) atoms. The average molecular weight is 367 g/mol. The lowest BCUT2D eigenvalue weighted by Crippen LogP contribution is -2.42. The summed E-state index contributed by atoms with van der Waals surface area (Å²) in [6, 6.07) is 6.24. The number of hydrogen-bond acceptors (Lipinski definition) is 3. The quantitative estimate of drug-likeness (QED) is 0.811. The van der Waals surface area contributed by atoms with Crippen molar-refractivity contribution in [2.75, 3.05) is 13.1 Å². The van der Waals surface area contributed by atoms with Crippen LogP contribution in [0.5, 0.6) is 0 Å². The Balaban J connectivity index is 1.53. The van der Waals surface area contributed by atoms with E-state index < -0.39 is 0 Å². The predicted molar refractivity (Wildman–Crippen MR) is 106 cm³/mol. The van der Waals surface area contributed by atoms with E-state index in [1.807, 2.05) is 18.5 Å². The van der Waals surface area contributed by atoms with Gasteiger partial charge in [-0.3, -0.25) is 9.36 Å². The largest absolute Gasteiger partial charge is 0.342 e.